The molecule has 22 heavy (non-hydrogen) atoms. The molecule has 5 heteroatoms. The van der Waals surface area contributed by atoms with Crippen molar-refractivity contribution in [3.05, 3.63) is 54.4 Å². The monoisotopic (exact) mass is 290 g/mol. The summed E-state index contributed by atoms with van der Waals surface area (Å²) in [7, 11) is 0. The second kappa shape index (κ2) is 4.82. The third-order valence-electron chi connectivity index (χ3n) is 3.80. The second-order valence-electron chi connectivity index (χ2n) is 5.26. The normalized spacial score (nSPS) is 11.3. The summed E-state index contributed by atoms with van der Waals surface area (Å²) in [5.74, 6) is 0.487. The van der Waals surface area contributed by atoms with Crippen LogP contribution in [0.4, 0.5) is 5.82 Å². The van der Waals surface area contributed by atoms with Crippen LogP contribution in [0.15, 0.2) is 48.8 Å². The molecule has 0 bridgehead atoms. The number of fused-ring (bicyclic) bond motifs is 3. The zero-order valence-corrected chi connectivity index (χ0v) is 11.7. The van der Waals surface area contributed by atoms with Crippen molar-refractivity contribution in [3.63, 3.8) is 0 Å². The molecule has 0 unspecified atom stereocenters. The minimum absolute atomic E-state index is 0.0266. The number of nitrogens with zero attached hydrogens (tertiary/aromatic N) is 2. The van der Waals surface area contributed by atoms with Crippen LogP contribution in [0, 0.1) is 0 Å². The minimum atomic E-state index is 0.0266. The summed E-state index contributed by atoms with van der Waals surface area (Å²) in [4.78, 5) is 11.8. The van der Waals surface area contributed by atoms with Crippen molar-refractivity contribution in [1.82, 2.24) is 15.0 Å². The Morgan fingerprint density at radius 2 is 1.91 bits per heavy atom. The van der Waals surface area contributed by atoms with Gasteiger partial charge in [0.2, 0.25) is 0 Å². The van der Waals surface area contributed by atoms with Gasteiger partial charge in [0.15, 0.2) is 0 Å². The van der Waals surface area contributed by atoms with Gasteiger partial charge in [-0.3, -0.25) is 0 Å². The lowest BCUT2D eigenvalue weighted by molar-refractivity contribution is 0.282. The predicted molar refractivity (Wildman–Crippen MR) is 87.2 cm³/mol. The number of anilines is 1. The van der Waals surface area contributed by atoms with Crippen LogP contribution in [-0.2, 0) is 6.61 Å². The van der Waals surface area contributed by atoms with Crippen LogP contribution in [0.2, 0.25) is 0 Å². The summed E-state index contributed by atoms with van der Waals surface area (Å²) in [6.45, 7) is 0.0266. The van der Waals surface area contributed by atoms with Crippen LogP contribution in [0.3, 0.4) is 0 Å². The number of H-pyrrole nitrogens is 1. The summed E-state index contributed by atoms with van der Waals surface area (Å²) in [5.41, 5.74) is 10.4. The molecule has 4 aromatic rings. The summed E-state index contributed by atoms with van der Waals surface area (Å²) in [6.07, 6.45) is 3.55. The summed E-state index contributed by atoms with van der Waals surface area (Å²) >= 11 is 0. The predicted octanol–water partition coefficient (Wildman–Crippen LogP) is 2.85. The molecule has 0 spiro atoms. The number of aromatic nitrogens is 3. The molecule has 1 aromatic carbocycles. The topological polar surface area (TPSA) is 87.8 Å². The van der Waals surface area contributed by atoms with Crippen LogP contribution in [-0.4, -0.2) is 20.1 Å². The molecule has 0 saturated heterocycles. The average molecular weight is 290 g/mol. The molecule has 3 heterocycles. The third kappa shape index (κ3) is 1.99. The smallest absolute Gasteiger partial charge is 0.138 e. The van der Waals surface area contributed by atoms with Crippen LogP contribution in [0.5, 0.6) is 0 Å². The van der Waals surface area contributed by atoms with Gasteiger partial charge in [0.1, 0.15) is 11.5 Å². The lowest BCUT2D eigenvalue weighted by Gasteiger charge is -2.04. The maximum Gasteiger partial charge on any atom is 0.138 e. The highest BCUT2D eigenvalue weighted by Gasteiger charge is 2.08. The lowest BCUT2D eigenvalue weighted by atomic mass is 10.0. The van der Waals surface area contributed by atoms with Crippen molar-refractivity contribution < 1.29 is 5.11 Å². The molecule has 0 radical (unpaired) electrons. The number of nitrogen functional groups attached to an aromatic ring is 1. The lowest BCUT2D eigenvalue weighted by Crippen LogP contribution is -1.87. The van der Waals surface area contributed by atoms with Crippen molar-refractivity contribution in [1.29, 1.82) is 0 Å². The Morgan fingerprint density at radius 1 is 1.00 bits per heavy atom. The van der Waals surface area contributed by atoms with E-state index in [1.165, 1.54) is 0 Å². The zero-order valence-electron chi connectivity index (χ0n) is 11.7. The van der Waals surface area contributed by atoms with E-state index < -0.39 is 0 Å². The number of aliphatic hydroxyl groups is 1. The van der Waals surface area contributed by atoms with Crippen molar-refractivity contribution in [2.45, 2.75) is 6.61 Å². The van der Waals surface area contributed by atoms with Crippen molar-refractivity contribution in [3.8, 4) is 11.1 Å². The molecule has 0 atom stereocenters. The van der Waals surface area contributed by atoms with E-state index in [0.29, 0.717) is 5.82 Å². The van der Waals surface area contributed by atoms with Crippen molar-refractivity contribution in [2.24, 2.45) is 0 Å². The Hall–Kier alpha value is -2.92. The first kappa shape index (κ1) is 12.8. The number of aliphatic hydroxyl groups excluding tert-OH is 1. The number of pyridine rings is 2. The molecule has 4 rings (SSSR count). The Bertz CT molecular complexity index is 990. The SMILES string of the molecule is Nc1cc2c(cn1)[nH]c1ncc(-c3cccc(CO)c3)cc12. The van der Waals surface area contributed by atoms with Gasteiger partial charge in [0.05, 0.1) is 18.3 Å². The van der Waals surface area contributed by atoms with E-state index in [-0.39, 0.29) is 6.61 Å². The molecule has 0 amide bonds. The Kier molecular flexibility index (Phi) is 2.80. The molecule has 5 nitrogen and oxygen atoms in total. The molecular formula is C17H14N4O. The molecular weight excluding hydrogens is 276 g/mol. The third-order valence-corrected chi connectivity index (χ3v) is 3.80. The van der Waals surface area contributed by atoms with Crippen LogP contribution >= 0.6 is 0 Å². The van der Waals surface area contributed by atoms with E-state index in [2.05, 4.69) is 21.0 Å². The van der Waals surface area contributed by atoms with E-state index >= 15 is 0 Å². The maximum atomic E-state index is 9.28. The molecule has 0 aliphatic heterocycles. The fraction of sp³-hybridized carbons (Fsp3) is 0.0588. The zero-order chi connectivity index (χ0) is 15.1. The van der Waals surface area contributed by atoms with Gasteiger partial charge in [-0.2, -0.15) is 0 Å². The quantitative estimate of drug-likeness (QED) is 0.529. The van der Waals surface area contributed by atoms with E-state index in [0.717, 1.165) is 38.6 Å². The number of hydrogen-bond donors (Lipinski definition) is 3. The van der Waals surface area contributed by atoms with Gasteiger partial charge in [-0.25, -0.2) is 9.97 Å². The molecule has 0 saturated carbocycles. The summed E-state index contributed by atoms with van der Waals surface area (Å²) in [6, 6.07) is 11.7. The maximum absolute atomic E-state index is 9.28. The highest BCUT2D eigenvalue weighted by molar-refractivity contribution is 6.07. The van der Waals surface area contributed by atoms with E-state index in [1.807, 2.05) is 36.5 Å². The highest BCUT2D eigenvalue weighted by atomic mass is 16.3. The first-order valence-corrected chi connectivity index (χ1v) is 6.98. The van der Waals surface area contributed by atoms with Gasteiger partial charge in [-0.1, -0.05) is 18.2 Å². The van der Waals surface area contributed by atoms with Gasteiger partial charge in [0, 0.05) is 22.5 Å². The number of nitrogens with two attached hydrogens (primary N) is 1. The molecule has 0 fully saturated rings. The molecule has 108 valence electrons. The fourth-order valence-corrected chi connectivity index (χ4v) is 2.70. The average Bonchev–Trinajstić information content (AvgIpc) is 2.92. The Morgan fingerprint density at radius 3 is 2.77 bits per heavy atom. The molecule has 4 N–H and O–H groups in total. The number of aromatic amines is 1. The van der Waals surface area contributed by atoms with Crippen LogP contribution in [0.25, 0.3) is 33.1 Å². The van der Waals surface area contributed by atoms with Gasteiger partial charge in [-0.15, -0.1) is 0 Å². The standard InChI is InChI=1S/C17H14N4O/c18-16-6-13-14-5-12(11-3-1-2-10(4-11)9-22)7-20-17(14)21-15(13)8-19-16/h1-8,22H,9H2,(H2,18,19)(H,20,21). The highest BCUT2D eigenvalue weighted by Crippen LogP contribution is 2.29. The Balaban J connectivity index is 1.95. The van der Waals surface area contributed by atoms with E-state index in [9.17, 15) is 5.11 Å². The first-order chi connectivity index (χ1) is 10.7. The number of benzene rings is 1. The van der Waals surface area contributed by atoms with Gasteiger partial charge >= 0.3 is 0 Å². The van der Waals surface area contributed by atoms with Gasteiger partial charge in [0.25, 0.3) is 0 Å². The Labute approximate surface area is 126 Å². The first-order valence-electron chi connectivity index (χ1n) is 6.98. The number of hydrogen-bond acceptors (Lipinski definition) is 4. The number of rotatable bonds is 2. The van der Waals surface area contributed by atoms with Crippen molar-refractivity contribution in [2.75, 3.05) is 5.73 Å². The number of nitrogens with one attached hydrogen (secondary N) is 1. The van der Waals surface area contributed by atoms with Crippen LogP contribution in [0.1, 0.15) is 5.56 Å². The molecule has 0 aliphatic rings. The fourth-order valence-electron chi connectivity index (χ4n) is 2.70. The molecule has 0 aliphatic carbocycles. The summed E-state index contributed by atoms with van der Waals surface area (Å²) in [5, 5.41) is 11.3. The molecule has 3 aromatic heterocycles. The van der Waals surface area contributed by atoms with Crippen molar-refractivity contribution >= 4 is 27.8 Å². The van der Waals surface area contributed by atoms with E-state index in [1.54, 1.807) is 6.20 Å². The van der Waals surface area contributed by atoms with Gasteiger partial charge in [-0.05, 0) is 29.3 Å². The van der Waals surface area contributed by atoms with Crippen LogP contribution < -0.4 is 5.73 Å². The second-order valence-corrected chi connectivity index (χ2v) is 5.26. The van der Waals surface area contributed by atoms with Gasteiger partial charge < -0.3 is 15.8 Å². The van der Waals surface area contributed by atoms with E-state index in [4.69, 9.17) is 5.73 Å². The summed E-state index contributed by atoms with van der Waals surface area (Å²) < 4.78 is 0. The largest absolute Gasteiger partial charge is 0.392 e. The minimum Gasteiger partial charge on any atom is -0.392 e.